The molecule has 3 heteroatoms. The molecule has 0 spiro atoms. The number of methoxy groups -OCH3 is 1. The molecule has 0 aromatic carbocycles. The topological polar surface area (TPSA) is 38.5 Å². The highest BCUT2D eigenvalue weighted by Gasteiger charge is 2.23. The van der Waals surface area contributed by atoms with Crippen LogP contribution in [-0.2, 0) is 4.74 Å². The van der Waals surface area contributed by atoms with E-state index in [0.717, 1.165) is 32.2 Å². The van der Waals surface area contributed by atoms with Gasteiger partial charge in [-0.15, -0.1) is 0 Å². The Morgan fingerprint density at radius 2 is 2.07 bits per heavy atom. The van der Waals surface area contributed by atoms with Gasteiger partial charge in [0.25, 0.3) is 0 Å². The van der Waals surface area contributed by atoms with Gasteiger partial charge in [0.15, 0.2) is 0 Å². The molecule has 0 amide bonds. The third-order valence-corrected chi connectivity index (χ3v) is 3.53. The van der Waals surface area contributed by atoms with Gasteiger partial charge in [0, 0.05) is 26.2 Å². The van der Waals surface area contributed by atoms with E-state index in [9.17, 15) is 0 Å². The fourth-order valence-electron chi connectivity index (χ4n) is 2.43. The van der Waals surface area contributed by atoms with Gasteiger partial charge in [-0.25, -0.2) is 0 Å². The third kappa shape index (κ3) is 4.49. The number of nitrogens with zero attached hydrogens (tertiary/aromatic N) is 1. The molecule has 0 heterocycles. The Morgan fingerprint density at radius 3 is 2.60 bits per heavy atom. The minimum atomic E-state index is 0.365. The second kappa shape index (κ2) is 7.20. The molecule has 2 N–H and O–H groups in total. The quantitative estimate of drug-likeness (QED) is 0.697. The maximum absolute atomic E-state index is 6.24. The van der Waals surface area contributed by atoms with Crippen molar-refractivity contribution >= 4 is 0 Å². The summed E-state index contributed by atoms with van der Waals surface area (Å²) >= 11 is 0. The van der Waals surface area contributed by atoms with Crippen molar-refractivity contribution in [1.82, 2.24) is 4.90 Å². The Bertz CT molecular complexity index is 158. The van der Waals surface area contributed by atoms with Crippen molar-refractivity contribution in [2.75, 3.05) is 33.4 Å². The minimum Gasteiger partial charge on any atom is -0.383 e. The number of hydrogen-bond acceptors (Lipinski definition) is 3. The SMILES string of the molecule is CCN(CCOC)CC(N)C1CCCC1. The molecular weight excluding hydrogens is 188 g/mol. The summed E-state index contributed by atoms with van der Waals surface area (Å²) in [7, 11) is 1.75. The molecule has 0 aromatic rings. The van der Waals surface area contributed by atoms with E-state index in [0.29, 0.717) is 6.04 Å². The maximum Gasteiger partial charge on any atom is 0.0589 e. The summed E-state index contributed by atoms with van der Waals surface area (Å²) in [5.74, 6) is 0.765. The molecule has 0 aliphatic heterocycles. The lowest BCUT2D eigenvalue weighted by atomic mass is 9.98. The van der Waals surface area contributed by atoms with Crippen LogP contribution < -0.4 is 5.73 Å². The Morgan fingerprint density at radius 1 is 1.40 bits per heavy atom. The van der Waals surface area contributed by atoms with Crippen LogP contribution in [-0.4, -0.2) is 44.3 Å². The fourth-order valence-corrected chi connectivity index (χ4v) is 2.43. The number of rotatable bonds is 7. The van der Waals surface area contributed by atoms with Gasteiger partial charge < -0.3 is 10.5 Å². The Balaban J connectivity index is 2.23. The molecular formula is C12H26N2O. The summed E-state index contributed by atoms with van der Waals surface area (Å²) in [5, 5.41) is 0. The van der Waals surface area contributed by atoms with Gasteiger partial charge in [0.1, 0.15) is 0 Å². The second-order valence-corrected chi connectivity index (χ2v) is 4.59. The third-order valence-electron chi connectivity index (χ3n) is 3.53. The lowest BCUT2D eigenvalue weighted by Gasteiger charge is -2.27. The van der Waals surface area contributed by atoms with Gasteiger partial charge >= 0.3 is 0 Å². The van der Waals surface area contributed by atoms with Crippen molar-refractivity contribution in [3.63, 3.8) is 0 Å². The Labute approximate surface area is 94.0 Å². The van der Waals surface area contributed by atoms with Crippen LogP contribution in [0.1, 0.15) is 32.6 Å². The first-order chi connectivity index (χ1) is 7.27. The summed E-state index contributed by atoms with van der Waals surface area (Å²) in [6, 6.07) is 0.365. The lowest BCUT2D eigenvalue weighted by molar-refractivity contribution is 0.141. The van der Waals surface area contributed by atoms with E-state index in [1.807, 2.05) is 0 Å². The van der Waals surface area contributed by atoms with Crippen molar-refractivity contribution in [2.24, 2.45) is 11.7 Å². The highest BCUT2D eigenvalue weighted by molar-refractivity contribution is 4.80. The van der Waals surface area contributed by atoms with E-state index in [2.05, 4.69) is 11.8 Å². The molecule has 1 rings (SSSR count). The van der Waals surface area contributed by atoms with E-state index in [4.69, 9.17) is 10.5 Å². The summed E-state index contributed by atoms with van der Waals surface area (Å²) in [5.41, 5.74) is 6.24. The van der Waals surface area contributed by atoms with Gasteiger partial charge in [-0.3, -0.25) is 4.90 Å². The molecule has 1 saturated carbocycles. The fraction of sp³-hybridized carbons (Fsp3) is 1.00. The van der Waals surface area contributed by atoms with E-state index in [1.54, 1.807) is 7.11 Å². The molecule has 15 heavy (non-hydrogen) atoms. The Kier molecular flexibility index (Phi) is 6.22. The van der Waals surface area contributed by atoms with Gasteiger partial charge in [0.2, 0.25) is 0 Å². The van der Waals surface area contributed by atoms with Crippen molar-refractivity contribution in [3.05, 3.63) is 0 Å². The van der Waals surface area contributed by atoms with Crippen molar-refractivity contribution in [3.8, 4) is 0 Å². The van der Waals surface area contributed by atoms with Crippen molar-refractivity contribution in [1.29, 1.82) is 0 Å². The van der Waals surface area contributed by atoms with Crippen LogP contribution in [0.3, 0.4) is 0 Å². The monoisotopic (exact) mass is 214 g/mol. The molecule has 1 aliphatic carbocycles. The molecule has 3 nitrogen and oxygen atoms in total. The molecule has 1 atom stereocenters. The first-order valence-electron chi connectivity index (χ1n) is 6.24. The van der Waals surface area contributed by atoms with Crippen LogP contribution in [0, 0.1) is 5.92 Å². The predicted octanol–water partition coefficient (Wildman–Crippen LogP) is 1.47. The van der Waals surface area contributed by atoms with Crippen LogP contribution in [0.5, 0.6) is 0 Å². The summed E-state index contributed by atoms with van der Waals surface area (Å²) in [6.45, 7) is 6.12. The molecule has 0 saturated heterocycles. The standard InChI is InChI=1S/C12H26N2O/c1-3-14(8-9-15-2)10-12(13)11-6-4-5-7-11/h11-12H,3-10,13H2,1-2H3. The molecule has 1 unspecified atom stereocenters. The van der Waals surface area contributed by atoms with E-state index < -0.39 is 0 Å². The van der Waals surface area contributed by atoms with E-state index >= 15 is 0 Å². The lowest BCUT2D eigenvalue weighted by Crippen LogP contribution is -2.42. The normalized spacial score (nSPS) is 20.0. The van der Waals surface area contributed by atoms with E-state index in [1.165, 1.54) is 25.7 Å². The van der Waals surface area contributed by atoms with E-state index in [-0.39, 0.29) is 0 Å². The van der Waals surface area contributed by atoms with Gasteiger partial charge in [0.05, 0.1) is 6.61 Å². The summed E-state index contributed by atoms with van der Waals surface area (Å²) in [6.07, 6.45) is 5.43. The molecule has 1 aliphatic rings. The zero-order valence-corrected chi connectivity index (χ0v) is 10.2. The summed E-state index contributed by atoms with van der Waals surface area (Å²) < 4.78 is 5.10. The van der Waals surface area contributed by atoms with Crippen molar-refractivity contribution < 1.29 is 4.74 Å². The molecule has 1 fully saturated rings. The Hall–Kier alpha value is -0.120. The first-order valence-corrected chi connectivity index (χ1v) is 6.24. The predicted molar refractivity (Wildman–Crippen MR) is 63.9 cm³/mol. The largest absolute Gasteiger partial charge is 0.383 e. The molecule has 0 radical (unpaired) electrons. The van der Waals surface area contributed by atoms with Crippen LogP contribution in [0.4, 0.5) is 0 Å². The number of likely N-dealkylation sites (N-methyl/N-ethyl adjacent to an activating group) is 1. The van der Waals surface area contributed by atoms with Gasteiger partial charge in [-0.1, -0.05) is 19.8 Å². The summed E-state index contributed by atoms with van der Waals surface area (Å²) in [4.78, 5) is 2.40. The van der Waals surface area contributed by atoms with Gasteiger partial charge in [-0.2, -0.15) is 0 Å². The minimum absolute atomic E-state index is 0.365. The molecule has 0 aromatic heterocycles. The van der Waals surface area contributed by atoms with Crippen LogP contribution in [0.25, 0.3) is 0 Å². The average Bonchev–Trinajstić information content (AvgIpc) is 2.77. The maximum atomic E-state index is 6.24. The van der Waals surface area contributed by atoms with Crippen LogP contribution in [0.2, 0.25) is 0 Å². The van der Waals surface area contributed by atoms with Crippen molar-refractivity contribution in [2.45, 2.75) is 38.6 Å². The highest BCUT2D eigenvalue weighted by Crippen LogP contribution is 2.27. The average molecular weight is 214 g/mol. The zero-order chi connectivity index (χ0) is 11.1. The molecule has 90 valence electrons. The molecule has 0 bridgehead atoms. The van der Waals surface area contributed by atoms with Crippen LogP contribution >= 0.6 is 0 Å². The number of nitrogens with two attached hydrogens (primary N) is 1. The number of ether oxygens (including phenoxy) is 1. The first kappa shape index (κ1) is 12.9. The van der Waals surface area contributed by atoms with Gasteiger partial charge in [-0.05, 0) is 25.3 Å². The van der Waals surface area contributed by atoms with Crippen LogP contribution in [0.15, 0.2) is 0 Å². The highest BCUT2D eigenvalue weighted by atomic mass is 16.5. The second-order valence-electron chi connectivity index (χ2n) is 4.59. The smallest absolute Gasteiger partial charge is 0.0589 e. The zero-order valence-electron chi connectivity index (χ0n) is 10.2. The number of hydrogen-bond donors (Lipinski definition) is 1.